The molecule has 224 valence electrons. The number of hydrogen-bond donors (Lipinski definition) is 9. The fourth-order valence-electron chi connectivity index (χ4n) is 2.75. The highest BCUT2D eigenvalue weighted by atomic mass is 32.2. The Kier molecular flexibility index (Phi) is 12.2. The number of thiazole rings is 1. The molecular formula is C19H31N9O10S2. The molecule has 0 spiro atoms. The second kappa shape index (κ2) is 14.3. The molecule has 21 heteroatoms. The van der Waals surface area contributed by atoms with Crippen molar-refractivity contribution in [3.05, 3.63) is 11.1 Å². The van der Waals surface area contributed by atoms with E-state index in [4.69, 9.17) is 22.0 Å². The second-order valence-corrected chi connectivity index (χ2v) is 10.7. The first kappa shape index (κ1) is 33.9. The van der Waals surface area contributed by atoms with Gasteiger partial charge in [0.15, 0.2) is 16.8 Å². The number of carbonyl (C=O) groups is 4. The summed E-state index contributed by atoms with van der Waals surface area (Å²) >= 11 is 0.892. The first-order valence-corrected chi connectivity index (χ1v) is 13.5. The van der Waals surface area contributed by atoms with Crippen molar-refractivity contribution in [2.75, 3.05) is 12.3 Å². The summed E-state index contributed by atoms with van der Waals surface area (Å²) in [4.78, 5) is 61.9. The van der Waals surface area contributed by atoms with E-state index in [1.54, 1.807) is 4.72 Å². The van der Waals surface area contributed by atoms with Crippen LogP contribution in [-0.2, 0) is 34.3 Å². The Bertz CT molecular complexity index is 1260. The second-order valence-electron chi connectivity index (χ2n) is 8.60. The highest BCUT2D eigenvalue weighted by Crippen LogP contribution is 2.15. The number of aromatic nitrogens is 1. The smallest absolute Gasteiger partial charge is 0.350 e. The average molecular weight is 610 g/mol. The third kappa shape index (κ3) is 11.3. The summed E-state index contributed by atoms with van der Waals surface area (Å²) in [5.74, 6) is -5.50. The number of anilines is 1. The molecular weight excluding hydrogens is 578 g/mol. The van der Waals surface area contributed by atoms with Gasteiger partial charge in [-0.1, -0.05) is 5.16 Å². The van der Waals surface area contributed by atoms with Gasteiger partial charge in [-0.25, -0.2) is 14.6 Å². The van der Waals surface area contributed by atoms with Crippen LogP contribution in [0.15, 0.2) is 15.5 Å². The minimum atomic E-state index is -4.90. The lowest BCUT2D eigenvalue weighted by Crippen LogP contribution is -2.60. The number of aliphatic carboxylic acids is 2. The average Bonchev–Trinajstić information content (AvgIpc) is 3.23. The number of carboxylic acid groups (broad SMARTS) is 2. The Morgan fingerprint density at radius 3 is 2.30 bits per heavy atom. The molecule has 0 bridgehead atoms. The number of rotatable bonds is 16. The van der Waals surface area contributed by atoms with Gasteiger partial charge >= 0.3 is 22.2 Å². The van der Waals surface area contributed by atoms with Gasteiger partial charge in [0.2, 0.25) is 11.5 Å². The maximum absolute atomic E-state index is 13.2. The molecule has 0 aromatic carbocycles. The summed E-state index contributed by atoms with van der Waals surface area (Å²) in [6.07, 6.45) is -0.0225. The number of aliphatic imine (C=N–C) groups is 1. The fraction of sp³-hybridized carbons (Fsp3) is 0.526. The molecule has 12 N–H and O–H groups in total. The van der Waals surface area contributed by atoms with Gasteiger partial charge in [-0.2, -0.15) is 13.1 Å². The number of carbonyl (C=O) groups excluding carboxylic acids is 2. The van der Waals surface area contributed by atoms with Crippen LogP contribution >= 0.6 is 11.3 Å². The van der Waals surface area contributed by atoms with Crippen LogP contribution < -0.4 is 32.6 Å². The largest absolute Gasteiger partial charge is 0.480 e. The molecule has 0 fully saturated rings. The standard InChI is InChI=1S/C19H31N9O10S2/c1-8(28-40(35,36)37)11(13(29)24-9(15(31)32)5-4-6-23-17(20)21)26-14(30)12(10-7-39-18(22)25-10)27-38-19(2,3)16(33)34/h7-9,11,28H,4-6H2,1-3H3,(H2,22,25)(H,24,29)(H,26,30)(H,31,32)(H,33,34)(H4,20,21,23)(H,35,36,37)/b27-12-. The lowest BCUT2D eigenvalue weighted by molar-refractivity contribution is -0.161. The summed E-state index contributed by atoms with van der Waals surface area (Å²) in [7, 11) is -4.90. The van der Waals surface area contributed by atoms with Crippen LogP contribution in [0.25, 0.3) is 0 Å². The number of nitrogens with one attached hydrogen (secondary N) is 3. The van der Waals surface area contributed by atoms with Crippen LogP contribution in [0.1, 0.15) is 39.3 Å². The molecule has 0 saturated heterocycles. The summed E-state index contributed by atoms with van der Waals surface area (Å²) in [5.41, 5.74) is 13.3. The van der Waals surface area contributed by atoms with E-state index in [2.05, 4.69) is 25.8 Å². The van der Waals surface area contributed by atoms with Crippen molar-refractivity contribution in [1.82, 2.24) is 20.3 Å². The summed E-state index contributed by atoms with van der Waals surface area (Å²) < 4.78 is 33.7. The van der Waals surface area contributed by atoms with Gasteiger partial charge in [0.1, 0.15) is 17.8 Å². The maximum Gasteiger partial charge on any atom is 0.350 e. The van der Waals surface area contributed by atoms with Gasteiger partial charge in [-0.15, -0.1) is 11.3 Å². The molecule has 0 aliphatic rings. The zero-order chi connectivity index (χ0) is 30.8. The van der Waals surface area contributed by atoms with Gasteiger partial charge in [-0.05, 0) is 33.6 Å². The van der Waals surface area contributed by atoms with Crippen LogP contribution in [0, 0.1) is 0 Å². The van der Waals surface area contributed by atoms with Crippen molar-refractivity contribution in [2.45, 2.75) is 57.3 Å². The van der Waals surface area contributed by atoms with Crippen molar-refractivity contribution in [2.24, 2.45) is 21.6 Å². The van der Waals surface area contributed by atoms with E-state index in [9.17, 15) is 42.4 Å². The third-order valence-electron chi connectivity index (χ3n) is 4.82. The van der Waals surface area contributed by atoms with Crippen molar-refractivity contribution >= 4 is 62.2 Å². The molecule has 0 saturated carbocycles. The molecule has 40 heavy (non-hydrogen) atoms. The maximum atomic E-state index is 13.2. The first-order chi connectivity index (χ1) is 18.3. The van der Waals surface area contributed by atoms with Crippen LogP contribution in [0.2, 0.25) is 0 Å². The lowest BCUT2D eigenvalue weighted by Gasteiger charge is -2.26. The predicted octanol–water partition coefficient (Wildman–Crippen LogP) is -2.80. The first-order valence-electron chi connectivity index (χ1n) is 11.2. The number of hydrogen-bond acceptors (Lipinski definition) is 12. The molecule has 0 radical (unpaired) electrons. The highest BCUT2D eigenvalue weighted by Gasteiger charge is 2.35. The third-order valence-corrected chi connectivity index (χ3v) is 6.17. The van der Waals surface area contributed by atoms with E-state index in [-0.39, 0.29) is 36.2 Å². The molecule has 3 atom stereocenters. The molecule has 3 unspecified atom stereocenters. The van der Waals surface area contributed by atoms with Crippen LogP contribution in [0.5, 0.6) is 0 Å². The molecule has 1 heterocycles. The molecule has 19 nitrogen and oxygen atoms in total. The Labute approximate surface area is 232 Å². The zero-order valence-electron chi connectivity index (χ0n) is 21.5. The monoisotopic (exact) mass is 609 g/mol. The van der Waals surface area contributed by atoms with Gasteiger partial charge < -0.3 is 42.9 Å². The highest BCUT2D eigenvalue weighted by molar-refractivity contribution is 7.83. The van der Waals surface area contributed by atoms with Crippen molar-refractivity contribution in [3.63, 3.8) is 0 Å². The summed E-state index contributed by atoms with van der Waals surface area (Å²) in [6.45, 7) is 3.41. The van der Waals surface area contributed by atoms with Crippen molar-refractivity contribution in [3.8, 4) is 0 Å². The molecule has 1 rings (SSSR count). The number of nitrogens with two attached hydrogens (primary N) is 3. The summed E-state index contributed by atoms with van der Waals surface area (Å²) in [5, 5.41) is 27.9. The van der Waals surface area contributed by atoms with Crippen molar-refractivity contribution < 1.29 is 47.2 Å². The number of carboxylic acids is 2. The number of amides is 2. The quantitative estimate of drug-likeness (QED) is 0.0300. The lowest BCUT2D eigenvalue weighted by atomic mass is 10.1. The molecule has 2 amide bonds. The van der Waals surface area contributed by atoms with Gasteiger partial charge in [0, 0.05) is 11.9 Å². The number of nitrogen functional groups attached to an aromatic ring is 1. The fourth-order valence-corrected chi connectivity index (χ4v) is 3.91. The Morgan fingerprint density at radius 2 is 1.82 bits per heavy atom. The normalized spacial score (nSPS) is 14.3. The molecule has 0 aliphatic carbocycles. The topological polar surface area (TPSA) is 324 Å². The van der Waals surface area contributed by atoms with Gasteiger partial charge in [0.25, 0.3) is 5.91 Å². The van der Waals surface area contributed by atoms with E-state index < -0.39 is 63.5 Å². The van der Waals surface area contributed by atoms with E-state index in [0.29, 0.717) is 0 Å². The molecule has 1 aromatic rings. The number of guanidine groups is 1. The molecule has 0 aliphatic heterocycles. The SMILES string of the molecule is CC(NS(=O)(=O)O)C(NC(=O)/C(=N\OC(C)(C)C(=O)O)c1csc(N)n1)C(=O)NC(CCCN=C(N)N)C(=O)O. The number of oxime groups is 1. The van der Waals surface area contributed by atoms with Crippen LogP contribution in [0.4, 0.5) is 5.13 Å². The van der Waals surface area contributed by atoms with E-state index in [1.165, 1.54) is 5.38 Å². The van der Waals surface area contributed by atoms with E-state index in [1.807, 2.05) is 0 Å². The zero-order valence-corrected chi connectivity index (χ0v) is 23.2. The van der Waals surface area contributed by atoms with Gasteiger partial charge in [0.05, 0.1) is 6.04 Å². The van der Waals surface area contributed by atoms with Gasteiger partial charge in [-0.3, -0.25) is 19.1 Å². The Morgan fingerprint density at radius 1 is 1.20 bits per heavy atom. The Hall–Kier alpha value is -4.08. The summed E-state index contributed by atoms with van der Waals surface area (Å²) in [6, 6.07) is -4.90. The molecule has 1 aromatic heterocycles. The predicted molar refractivity (Wildman–Crippen MR) is 141 cm³/mol. The van der Waals surface area contributed by atoms with Crippen LogP contribution in [0.3, 0.4) is 0 Å². The van der Waals surface area contributed by atoms with Crippen LogP contribution in [-0.4, -0.2) is 93.9 Å². The van der Waals surface area contributed by atoms with E-state index in [0.717, 1.165) is 32.1 Å². The van der Waals surface area contributed by atoms with E-state index >= 15 is 0 Å². The van der Waals surface area contributed by atoms with Crippen molar-refractivity contribution in [1.29, 1.82) is 0 Å². The minimum absolute atomic E-state index is 0.00581. The number of nitrogens with zero attached hydrogens (tertiary/aromatic N) is 3. The Balaban J connectivity index is 3.34. The minimum Gasteiger partial charge on any atom is -0.480 e.